The fourth-order valence-electron chi connectivity index (χ4n) is 3.06. The van der Waals surface area contributed by atoms with E-state index in [9.17, 15) is 14.0 Å². The van der Waals surface area contributed by atoms with Gasteiger partial charge >= 0.3 is 0 Å². The van der Waals surface area contributed by atoms with E-state index in [0.717, 1.165) is 39.1 Å². The summed E-state index contributed by atoms with van der Waals surface area (Å²) in [5.41, 5.74) is 0.606. The van der Waals surface area contributed by atoms with Crippen LogP contribution in [-0.4, -0.2) is 57.1 Å². The number of carbonyl (C=O) groups excluding carboxylic acids is 2. The van der Waals surface area contributed by atoms with Crippen molar-refractivity contribution in [1.29, 1.82) is 0 Å². The quantitative estimate of drug-likeness (QED) is 0.481. The van der Waals surface area contributed by atoms with E-state index in [1.165, 1.54) is 21.9 Å². The second kappa shape index (κ2) is 9.48. The van der Waals surface area contributed by atoms with Gasteiger partial charge in [-0.3, -0.25) is 9.59 Å². The Balaban J connectivity index is 1.76. The zero-order chi connectivity index (χ0) is 18.2. The van der Waals surface area contributed by atoms with Crippen molar-refractivity contribution in [2.45, 2.75) is 26.3 Å². The fourth-order valence-corrected chi connectivity index (χ4v) is 3.06. The molecule has 0 aliphatic carbocycles. The van der Waals surface area contributed by atoms with E-state index in [-0.39, 0.29) is 23.7 Å². The molecule has 1 aromatic carbocycles. The van der Waals surface area contributed by atoms with Crippen molar-refractivity contribution < 1.29 is 23.8 Å². The molecule has 1 atom stereocenters. The first-order chi connectivity index (χ1) is 12.0. The van der Waals surface area contributed by atoms with Crippen LogP contribution in [0.1, 0.15) is 20.3 Å². The van der Waals surface area contributed by atoms with Gasteiger partial charge in [0.25, 0.3) is 11.8 Å². The maximum absolute atomic E-state index is 12.9. The van der Waals surface area contributed by atoms with Crippen LogP contribution in [0.5, 0.6) is 0 Å². The Morgan fingerprint density at radius 1 is 1.16 bits per heavy atom. The van der Waals surface area contributed by atoms with Gasteiger partial charge in [-0.15, -0.1) is 0 Å². The molecule has 6 nitrogen and oxygen atoms in total. The molecule has 0 bridgehead atoms. The van der Waals surface area contributed by atoms with Gasteiger partial charge in [-0.2, -0.15) is 0 Å². The summed E-state index contributed by atoms with van der Waals surface area (Å²) in [7, 11) is 0. The number of amides is 2. The minimum absolute atomic E-state index is 0.0641. The number of benzene rings is 1. The number of hydrogen-bond acceptors (Lipinski definition) is 2. The first-order valence-corrected chi connectivity index (χ1v) is 9.01. The lowest BCUT2D eigenvalue weighted by Gasteiger charge is -2.32. The molecule has 1 aliphatic heterocycles. The largest absolute Gasteiger partial charge is 0.351 e. The average molecular weight is 352 g/mol. The fraction of sp³-hybridized carbons (Fsp3) is 0.556. The van der Waals surface area contributed by atoms with Crippen molar-refractivity contribution in [3.8, 4) is 0 Å². The van der Waals surface area contributed by atoms with Crippen LogP contribution in [0.15, 0.2) is 24.3 Å². The lowest BCUT2D eigenvalue weighted by Crippen LogP contribution is -3.30. The van der Waals surface area contributed by atoms with Crippen LogP contribution in [0.3, 0.4) is 0 Å². The monoisotopic (exact) mass is 352 g/mol. The first-order valence-electron chi connectivity index (χ1n) is 9.01. The number of anilines is 1. The second-order valence-corrected chi connectivity index (χ2v) is 6.65. The molecule has 2 rings (SSSR count). The summed E-state index contributed by atoms with van der Waals surface area (Å²) in [5.74, 6) is -0.285. The zero-order valence-corrected chi connectivity index (χ0v) is 15.0. The predicted molar refractivity (Wildman–Crippen MR) is 94.1 cm³/mol. The van der Waals surface area contributed by atoms with E-state index in [4.69, 9.17) is 0 Å². The minimum atomic E-state index is -0.321. The zero-order valence-electron chi connectivity index (χ0n) is 15.0. The molecule has 2 amide bonds. The average Bonchev–Trinajstić information content (AvgIpc) is 2.62. The second-order valence-electron chi connectivity index (χ2n) is 6.65. The molecule has 0 radical (unpaired) electrons. The maximum atomic E-state index is 12.9. The van der Waals surface area contributed by atoms with Gasteiger partial charge in [-0.05, 0) is 37.6 Å². The van der Waals surface area contributed by atoms with Crippen LogP contribution in [-0.2, 0) is 9.59 Å². The van der Waals surface area contributed by atoms with Crippen LogP contribution in [0.4, 0.5) is 10.1 Å². The number of quaternary nitrogens is 2. The summed E-state index contributed by atoms with van der Waals surface area (Å²) >= 11 is 0. The normalized spacial score (nSPS) is 21.4. The lowest BCUT2D eigenvalue weighted by molar-refractivity contribution is -1.01. The Hall–Kier alpha value is -1.99. The summed E-state index contributed by atoms with van der Waals surface area (Å²) in [4.78, 5) is 26.7. The van der Waals surface area contributed by atoms with Crippen molar-refractivity contribution in [1.82, 2.24) is 5.32 Å². The van der Waals surface area contributed by atoms with Gasteiger partial charge < -0.3 is 20.4 Å². The predicted octanol–water partition coefficient (Wildman–Crippen LogP) is -1.54. The van der Waals surface area contributed by atoms with E-state index in [1.807, 2.05) is 13.8 Å². The van der Waals surface area contributed by atoms with Crippen LogP contribution < -0.4 is 20.4 Å². The molecule has 25 heavy (non-hydrogen) atoms. The maximum Gasteiger partial charge on any atom is 0.282 e. The Morgan fingerprint density at radius 3 is 2.40 bits per heavy atom. The number of piperazine rings is 1. The molecule has 4 N–H and O–H groups in total. The summed E-state index contributed by atoms with van der Waals surface area (Å²) < 4.78 is 12.9. The Labute approximate surface area is 148 Å². The van der Waals surface area contributed by atoms with E-state index in [2.05, 4.69) is 10.6 Å². The highest BCUT2D eigenvalue weighted by Gasteiger charge is 2.31. The SMILES string of the molecule is CCCNC(=O)C[NH+]1CC[NH+]([C@H](C)C(=O)Nc2ccc(F)cc2)CC1. The molecule has 138 valence electrons. The van der Waals surface area contributed by atoms with Crippen molar-refractivity contribution in [3.63, 3.8) is 0 Å². The molecular formula is C18H29FN4O2+2. The molecular weight excluding hydrogens is 323 g/mol. The topological polar surface area (TPSA) is 67.1 Å². The first kappa shape index (κ1) is 19.3. The molecule has 0 spiro atoms. The molecule has 0 aromatic heterocycles. The van der Waals surface area contributed by atoms with Gasteiger partial charge in [0, 0.05) is 12.2 Å². The Bertz CT molecular complexity index is 571. The standard InChI is InChI=1S/C18H27FN4O2/c1-3-8-20-17(24)13-22-9-11-23(12-10-22)14(2)18(25)21-16-6-4-15(19)5-7-16/h4-7,14H,3,8-13H2,1-2H3,(H,20,24)(H,21,25)/p+2/t14-/m1/s1. The smallest absolute Gasteiger partial charge is 0.282 e. The molecule has 1 fully saturated rings. The molecule has 0 unspecified atom stereocenters. The molecule has 1 heterocycles. The van der Waals surface area contributed by atoms with Crippen LogP contribution in [0.25, 0.3) is 0 Å². The lowest BCUT2D eigenvalue weighted by atomic mass is 10.2. The van der Waals surface area contributed by atoms with Gasteiger partial charge in [-0.1, -0.05) is 6.92 Å². The van der Waals surface area contributed by atoms with Crippen molar-refractivity contribution in [2.75, 3.05) is 44.6 Å². The van der Waals surface area contributed by atoms with Crippen LogP contribution in [0.2, 0.25) is 0 Å². The number of carbonyl (C=O) groups is 2. The highest BCUT2D eigenvalue weighted by atomic mass is 19.1. The molecule has 0 saturated carbocycles. The third-order valence-electron chi connectivity index (χ3n) is 4.70. The van der Waals surface area contributed by atoms with Gasteiger partial charge in [0.15, 0.2) is 12.6 Å². The van der Waals surface area contributed by atoms with E-state index in [1.54, 1.807) is 12.1 Å². The third-order valence-corrected chi connectivity index (χ3v) is 4.70. The highest BCUT2D eigenvalue weighted by Crippen LogP contribution is 2.08. The summed E-state index contributed by atoms with van der Waals surface area (Å²) in [6.45, 7) is 8.64. The van der Waals surface area contributed by atoms with E-state index >= 15 is 0 Å². The summed E-state index contributed by atoms with van der Waals surface area (Å²) in [5, 5.41) is 5.74. The number of halogens is 1. The molecule has 1 saturated heterocycles. The molecule has 1 aliphatic rings. The van der Waals surface area contributed by atoms with Gasteiger partial charge in [-0.25, -0.2) is 4.39 Å². The van der Waals surface area contributed by atoms with E-state index in [0.29, 0.717) is 12.2 Å². The number of hydrogen-bond donors (Lipinski definition) is 4. The molecule has 7 heteroatoms. The Kier molecular flexibility index (Phi) is 7.33. The van der Waals surface area contributed by atoms with Crippen LogP contribution in [0, 0.1) is 5.82 Å². The highest BCUT2D eigenvalue weighted by molar-refractivity contribution is 5.93. The van der Waals surface area contributed by atoms with Gasteiger partial charge in [0.1, 0.15) is 32.0 Å². The summed E-state index contributed by atoms with van der Waals surface area (Å²) in [6.07, 6.45) is 0.944. The number of rotatable bonds is 7. The Morgan fingerprint density at radius 2 is 1.80 bits per heavy atom. The van der Waals surface area contributed by atoms with Gasteiger partial charge in [0.05, 0.1) is 0 Å². The van der Waals surface area contributed by atoms with Crippen molar-refractivity contribution >= 4 is 17.5 Å². The van der Waals surface area contributed by atoms with Crippen molar-refractivity contribution in [3.05, 3.63) is 30.1 Å². The molecule has 1 aromatic rings. The van der Waals surface area contributed by atoms with E-state index < -0.39 is 0 Å². The van der Waals surface area contributed by atoms with Gasteiger partial charge in [0.2, 0.25) is 0 Å². The summed E-state index contributed by atoms with van der Waals surface area (Å²) in [6, 6.07) is 5.61. The minimum Gasteiger partial charge on any atom is -0.351 e. The van der Waals surface area contributed by atoms with Crippen LogP contribution >= 0.6 is 0 Å². The van der Waals surface area contributed by atoms with Crippen molar-refractivity contribution in [2.24, 2.45) is 0 Å². The number of nitrogens with one attached hydrogen (secondary N) is 4. The third kappa shape index (κ3) is 6.10.